The molecule has 33 heavy (non-hydrogen) atoms. The summed E-state index contributed by atoms with van der Waals surface area (Å²) in [6, 6.07) is 1.89. The van der Waals surface area contributed by atoms with Crippen molar-refractivity contribution in [2.24, 2.45) is 5.73 Å². The third-order valence-corrected chi connectivity index (χ3v) is 8.18. The molecule has 184 valence electrons. The maximum atomic E-state index is 12.4. The highest BCUT2D eigenvalue weighted by molar-refractivity contribution is 7.88. The van der Waals surface area contributed by atoms with Gasteiger partial charge in [-0.05, 0) is 101 Å². The Morgan fingerprint density at radius 1 is 0.970 bits per heavy atom. The number of hydrogen-bond donors (Lipinski definition) is 4. The molecule has 2 saturated heterocycles. The number of benzene rings is 1. The first-order valence-corrected chi connectivity index (χ1v) is 13.6. The Kier molecular flexibility index (Phi) is 7.59. The predicted molar refractivity (Wildman–Crippen MR) is 131 cm³/mol. The first-order chi connectivity index (χ1) is 15.7. The van der Waals surface area contributed by atoms with Crippen molar-refractivity contribution >= 4 is 21.9 Å². The molecule has 0 saturated carbocycles. The molecule has 9 nitrogen and oxygen atoms in total. The fourth-order valence-corrected chi connectivity index (χ4v) is 6.46. The zero-order valence-electron chi connectivity index (χ0n) is 19.8. The molecule has 5 rings (SSSR count). The number of aryl methyl sites for hydroxylation is 2. The number of carbonyl (C=O) groups is 1. The number of nitrogens with two attached hydrogens (primary N) is 1. The number of urea groups is 1. The van der Waals surface area contributed by atoms with Gasteiger partial charge in [0.2, 0.25) is 0 Å². The first kappa shape index (κ1) is 24.4. The number of amides is 2. The summed E-state index contributed by atoms with van der Waals surface area (Å²) in [7, 11) is 0.179. The van der Waals surface area contributed by atoms with Crippen LogP contribution in [0.5, 0.6) is 0 Å². The third-order valence-electron chi connectivity index (χ3n) is 7.08. The lowest BCUT2D eigenvalue weighted by atomic mass is 9.99. The van der Waals surface area contributed by atoms with E-state index in [-0.39, 0.29) is 6.04 Å². The highest BCUT2D eigenvalue weighted by Gasteiger charge is 2.28. The summed E-state index contributed by atoms with van der Waals surface area (Å²) in [5, 5.41) is 2.85. The van der Waals surface area contributed by atoms with Crippen LogP contribution < -0.4 is 20.5 Å². The quantitative estimate of drug-likeness (QED) is 0.512. The molecule has 2 heterocycles. The van der Waals surface area contributed by atoms with Crippen LogP contribution in [0.25, 0.3) is 0 Å². The van der Waals surface area contributed by atoms with Gasteiger partial charge in [-0.2, -0.15) is 13.1 Å². The Morgan fingerprint density at radius 2 is 1.58 bits per heavy atom. The summed E-state index contributed by atoms with van der Waals surface area (Å²) in [6.45, 7) is 3.77. The van der Waals surface area contributed by atoms with E-state index in [0.29, 0.717) is 12.6 Å². The largest absolute Gasteiger partial charge is 0.333 e. The second-order valence-corrected chi connectivity index (χ2v) is 11.4. The van der Waals surface area contributed by atoms with Crippen molar-refractivity contribution in [3.8, 4) is 0 Å². The predicted octanol–water partition coefficient (Wildman–Crippen LogP) is 0.973. The van der Waals surface area contributed by atoms with Crippen molar-refractivity contribution in [2.45, 2.75) is 63.5 Å². The topological polar surface area (TPSA) is 120 Å². The highest BCUT2D eigenvalue weighted by Crippen LogP contribution is 2.38. The smallest absolute Gasteiger partial charge is 0.326 e. The Hall–Kier alpha value is -1.72. The molecule has 10 heteroatoms. The molecular weight excluding hydrogens is 440 g/mol. The average Bonchev–Trinajstić information content (AvgIpc) is 3.51. The van der Waals surface area contributed by atoms with E-state index in [1.807, 2.05) is 7.05 Å². The van der Waals surface area contributed by atoms with Gasteiger partial charge in [-0.1, -0.05) is 6.07 Å². The van der Waals surface area contributed by atoms with Crippen LogP contribution in [-0.4, -0.2) is 76.6 Å². The zero-order valence-corrected chi connectivity index (χ0v) is 20.6. The lowest BCUT2D eigenvalue weighted by Gasteiger charge is -2.18. The molecule has 0 radical (unpaired) electrons. The fourth-order valence-electron chi connectivity index (χ4n) is 5.48. The summed E-state index contributed by atoms with van der Waals surface area (Å²) in [5.74, 6) is 0. The van der Waals surface area contributed by atoms with Crippen molar-refractivity contribution in [1.82, 2.24) is 19.2 Å². The van der Waals surface area contributed by atoms with E-state index in [9.17, 15) is 13.2 Å². The SMILES string of the molecule is CN1CC[C@@H](N)C1.CN1CC[C@@H](NS(=O)(=O)NC(=O)Nc2c3c(cc4c2CCC4)CCC3)C1. The molecule has 5 N–H and O–H groups in total. The third kappa shape index (κ3) is 6.24. The summed E-state index contributed by atoms with van der Waals surface area (Å²) < 4.78 is 29.2. The molecule has 2 amide bonds. The van der Waals surface area contributed by atoms with Gasteiger partial charge in [-0.15, -0.1) is 0 Å². The summed E-state index contributed by atoms with van der Waals surface area (Å²) in [6.07, 6.45) is 8.06. The number of rotatable bonds is 4. The van der Waals surface area contributed by atoms with Crippen molar-refractivity contribution in [1.29, 1.82) is 0 Å². The zero-order chi connectivity index (χ0) is 23.6. The van der Waals surface area contributed by atoms with Gasteiger partial charge >= 0.3 is 16.2 Å². The van der Waals surface area contributed by atoms with Crippen LogP contribution in [0.2, 0.25) is 0 Å². The van der Waals surface area contributed by atoms with Gasteiger partial charge in [-0.3, -0.25) is 0 Å². The Balaban J connectivity index is 0.000000318. The van der Waals surface area contributed by atoms with Gasteiger partial charge in [-0.25, -0.2) is 9.52 Å². The minimum atomic E-state index is -3.87. The molecule has 2 atom stereocenters. The maximum Gasteiger partial charge on any atom is 0.333 e. The summed E-state index contributed by atoms with van der Waals surface area (Å²) in [4.78, 5) is 16.7. The number of anilines is 1. The first-order valence-electron chi connectivity index (χ1n) is 12.1. The van der Waals surface area contributed by atoms with E-state index in [1.165, 1.54) is 35.2 Å². The number of likely N-dealkylation sites (N-methyl/N-ethyl adjacent to an activating group) is 2. The van der Waals surface area contributed by atoms with Crippen molar-refractivity contribution in [3.63, 3.8) is 0 Å². The molecule has 0 spiro atoms. The summed E-state index contributed by atoms with van der Waals surface area (Å²) >= 11 is 0. The van der Waals surface area contributed by atoms with Crippen LogP contribution in [-0.2, 0) is 35.9 Å². The fraction of sp³-hybridized carbons (Fsp3) is 0.696. The van der Waals surface area contributed by atoms with E-state index in [4.69, 9.17) is 5.73 Å². The van der Waals surface area contributed by atoms with Gasteiger partial charge in [0.1, 0.15) is 0 Å². The molecule has 2 fully saturated rings. The molecule has 1 aromatic carbocycles. The van der Waals surface area contributed by atoms with Crippen LogP contribution in [0.3, 0.4) is 0 Å². The van der Waals surface area contributed by atoms with Crippen molar-refractivity contribution in [3.05, 3.63) is 28.3 Å². The molecular formula is C23H38N6O3S. The number of likely N-dealkylation sites (tertiary alicyclic amines) is 2. The monoisotopic (exact) mass is 478 g/mol. The van der Waals surface area contributed by atoms with Crippen molar-refractivity contribution < 1.29 is 13.2 Å². The van der Waals surface area contributed by atoms with Gasteiger partial charge < -0.3 is 20.9 Å². The van der Waals surface area contributed by atoms with E-state index >= 15 is 0 Å². The van der Waals surface area contributed by atoms with Gasteiger partial charge in [0.05, 0.1) is 0 Å². The van der Waals surface area contributed by atoms with Gasteiger partial charge in [0, 0.05) is 30.9 Å². The van der Waals surface area contributed by atoms with Crippen LogP contribution >= 0.6 is 0 Å². The van der Waals surface area contributed by atoms with E-state index < -0.39 is 16.2 Å². The Morgan fingerprint density at radius 3 is 2.06 bits per heavy atom. The molecule has 0 unspecified atom stereocenters. The molecule has 1 aromatic rings. The van der Waals surface area contributed by atoms with E-state index in [1.54, 1.807) is 0 Å². The number of nitrogens with zero attached hydrogens (tertiary/aromatic N) is 2. The second kappa shape index (κ2) is 10.3. The summed E-state index contributed by atoms with van der Waals surface area (Å²) in [5.41, 5.74) is 11.4. The number of nitrogens with one attached hydrogen (secondary N) is 3. The molecule has 4 aliphatic rings. The van der Waals surface area contributed by atoms with Crippen LogP contribution in [0, 0.1) is 0 Å². The van der Waals surface area contributed by atoms with Crippen LogP contribution in [0.15, 0.2) is 6.07 Å². The lowest BCUT2D eigenvalue weighted by Crippen LogP contribution is -2.47. The standard InChI is InChI=1S/C18H26N4O3S.C5H12N2/c1-22-9-8-14(11-22)20-26(24,25)21-18(23)19-17-15-6-2-4-12(15)10-13-5-3-7-16(13)17;1-7-3-2-5(6)4-7/h10,14,20H,2-9,11H2,1H3,(H2,19,21,23);5H,2-4,6H2,1H3/t14-;5-/m11/s1. The molecule has 2 aliphatic carbocycles. The van der Waals surface area contributed by atoms with Crippen LogP contribution in [0.4, 0.5) is 10.5 Å². The normalized spacial score (nSPS) is 24.8. The molecule has 2 aliphatic heterocycles. The Bertz CT molecular complexity index is 943. The number of carbonyl (C=O) groups excluding carboxylic acids is 1. The Labute approximate surface area is 197 Å². The molecule has 0 aromatic heterocycles. The number of hydrogen-bond acceptors (Lipinski definition) is 6. The number of fused-ring (bicyclic) bond motifs is 2. The minimum absolute atomic E-state index is 0.157. The highest BCUT2D eigenvalue weighted by atomic mass is 32.2. The van der Waals surface area contributed by atoms with E-state index in [0.717, 1.165) is 63.7 Å². The lowest BCUT2D eigenvalue weighted by molar-refractivity contribution is 0.256. The minimum Gasteiger partial charge on any atom is -0.326 e. The van der Waals surface area contributed by atoms with Crippen molar-refractivity contribution in [2.75, 3.05) is 45.6 Å². The van der Waals surface area contributed by atoms with Crippen LogP contribution in [0.1, 0.15) is 47.9 Å². The second-order valence-electron chi connectivity index (χ2n) is 9.97. The molecule has 0 bridgehead atoms. The van der Waals surface area contributed by atoms with Gasteiger partial charge in [0.15, 0.2) is 0 Å². The van der Waals surface area contributed by atoms with Gasteiger partial charge in [0.25, 0.3) is 0 Å². The van der Waals surface area contributed by atoms with E-state index in [2.05, 4.69) is 37.7 Å². The maximum absolute atomic E-state index is 12.4. The average molecular weight is 479 g/mol.